The van der Waals surface area contributed by atoms with Gasteiger partial charge in [-0.05, 0) is 75.4 Å². The summed E-state index contributed by atoms with van der Waals surface area (Å²) in [5.41, 5.74) is 3.49. The zero-order chi connectivity index (χ0) is 40.2. The van der Waals surface area contributed by atoms with Crippen LogP contribution in [0.25, 0.3) is 17.4 Å². The molecule has 1 atom stereocenters. The molecule has 4 rings (SSSR count). The van der Waals surface area contributed by atoms with Crippen molar-refractivity contribution in [3.05, 3.63) is 88.6 Å². The fourth-order valence-corrected chi connectivity index (χ4v) is 8.15. The summed E-state index contributed by atoms with van der Waals surface area (Å²) >= 11 is 0. The highest BCUT2D eigenvalue weighted by molar-refractivity contribution is 7.85. The molecular weight excluding hydrogens is 751 g/mol. The van der Waals surface area contributed by atoms with Crippen LogP contribution in [-0.4, -0.2) is 94.3 Å². The molecule has 0 aromatic heterocycles. The van der Waals surface area contributed by atoms with Gasteiger partial charge >= 0.3 is 5.97 Å². The van der Waals surface area contributed by atoms with Crippen molar-refractivity contribution in [3.63, 3.8) is 0 Å². The zero-order valence-electron chi connectivity index (χ0n) is 31.5. The molecule has 55 heavy (non-hydrogen) atoms. The highest BCUT2D eigenvalue weighted by atomic mass is 32.2. The van der Waals surface area contributed by atoms with E-state index in [1.807, 2.05) is 67.0 Å². The summed E-state index contributed by atoms with van der Waals surface area (Å²) < 4.78 is 79.7. The van der Waals surface area contributed by atoms with Crippen LogP contribution in [0.1, 0.15) is 80.3 Å². The number of unbranched alkanes of at least 4 members (excludes halogenated alkanes) is 2. The number of carboxylic acid groups (broad SMARTS) is 1. The van der Waals surface area contributed by atoms with Crippen LogP contribution in [0.2, 0.25) is 0 Å². The lowest BCUT2D eigenvalue weighted by Crippen LogP contribution is -2.32. The third-order valence-electron chi connectivity index (χ3n) is 9.75. The van der Waals surface area contributed by atoms with Crippen LogP contribution >= 0.6 is 0 Å². The number of benzene rings is 2. The predicted molar refractivity (Wildman–Crippen MR) is 209 cm³/mol. The molecule has 1 amide bonds. The van der Waals surface area contributed by atoms with Gasteiger partial charge in [0.25, 0.3) is 16.0 Å². The van der Waals surface area contributed by atoms with E-state index in [0.29, 0.717) is 62.4 Å². The number of methoxy groups -OCH3 is 1. The maximum atomic E-state index is 13.6. The molecule has 3 N–H and O–H groups in total. The number of anilines is 1. The number of amides is 1. The maximum Gasteiger partial charge on any atom is 0.303 e. The Bertz CT molecular complexity index is 2140. The molecule has 0 saturated heterocycles. The molecule has 0 bridgehead atoms. The van der Waals surface area contributed by atoms with Crippen molar-refractivity contribution in [2.24, 2.45) is 0 Å². The summed E-state index contributed by atoms with van der Waals surface area (Å²) in [4.78, 5) is 26.9. The number of ether oxygens (including phenoxy) is 1. The SMILES string of the molecule is CC[N+](CCCS(=O)(=O)O)=c1ccc2c(/C=C/C=C3/N(CCCCCC(=O)O)c4cccc(C(=O)NCCOC)c4C3(C)CCCS(=O)(=O)[O-])ccoc-2c1. The largest absolute Gasteiger partial charge is 0.748 e. The zero-order valence-corrected chi connectivity index (χ0v) is 33.2. The minimum absolute atomic E-state index is 0.0541. The number of hydrogen-bond acceptors (Lipinski definition) is 10. The van der Waals surface area contributed by atoms with Crippen LogP contribution in [0, 0.1) is 0 Å². The number of nitrogens with zero attached hydrogens (tertiary/aromatic N) is 2. The Hall–Kier alpha value is -4.35. The van der Waals surface area contributed by atoms with E-state index in [1.165, 1.54) is 7.11 Å². The minimum atomic E-state index is -4.50. The molecule has 1 aromatic carbocycles. The molecule has 0 fully saturated rings. The minimum Gasteiger partial charge on any atom is -0.748 e. The molecule has 3 aliphatic rings. The number of carbonyl (C=O) groups is 2. The Balaban J connectivity index is 1.78. The van der Waals surface area contributed by atoms with E-state index in [1.54, 1.807) is 18.4 Å². The summed E-state index contributed by atoms with van der Waals surface area (Å²) in [7, 11) is -7.02. The van der Waals surface area contributed by atoms with Gasteiger partial charge < -0.3 is 29.0 Å². The number of nitrogens with one attached hydrogen (secondary N) is 1. The number of aliphatic carboxylic acids is 1. The molecule has 0 saturated carbocycles. The van der Waals surface area contributed by atoms with Crippen molar-refractivity contribution >= 4 is 43.9 Å². The molecule has 1 unspecified atom stereocenters. The summed E-state index contributed by atoms with van der Waals surface area (Å²) in [6.07, 6.45) is 9.76. The second-order valence-corrected chi connectivity index (χ2v) is 16.8. The quantitative estimate of drug-likeness (QED) is 0.0775. The molecule has 0 radical (unpaired) electrons. The van der Waals surface area contributed by atoms with Gasteiger partial charge in [0, 0.05) is 78.3 Å². The van der Waals surface area contributed by atoms with Crippen molar-refractivity contribution in [2.75, 3.05) is 56.3 Å². The van der Waals surface area contributed by atoms with Gasteiger partial charge in [-0.1, -0.05) is 24.6 Å². The van der Waals surface area contributed by atoms with E-state index in [-0.39, 0.29) is 43.9 Å². The van der Waals surface area contributed by atoms with E-state index in [2.05, 4.69) is 10.2 Å². The molecule has 1 aliphatic carbocycles. The van der Waals surface area contributed by atoms with E-state index in [0.717, 1.165) is 27.9 Å². The van der Waals surface area contributed by atoms with Crippen LogP contribution < -0.4 is 20.1 Å². The monoisotopic (exact) mass is 801 g/mol. The van der Waals surface area contributed by atoms with Crippen LogP contribution in [0.15, 0.2) is 71.0 Å². The van der Waals surface area contributed by atoms with Gasteiger partial charge in [-0.3, -0.25) is 14.1 Å². The topological polar surface area (TPSA) is 207 Å². The first-order valence-corrected chi connectivity index (χ1v) is 21.5. The predicted octanol–water partition coefficient (Wildman–Crippen LogP) is 4.48. The van der Waals surface area contributed by atoms with Crippen molar-refractivity contribution in [1.82, 2.24) is 9.89 Å². The van der Waals surface area contributed by atoms with E-state index >= 15 is 0 Å². The molecule has 300 valence electrons. The van der Waals surface area contributed by atoms with Crippen LogP contribution in [0.4, 0.5) is 5.69 Å². The lowest BCUT2D eigenvalue weighted by atomic mass is 9.75. The number of allylic oxidation sites excluding steroid dienone is 3. The average molecular weight is 802 g/mol. The molecular formula is C39H51N3O11S2. The molecule has 1 aromatic rings. The first kappa shape index (κ1) is 43.4. The molecule has 2 heterocycles. The van der Waals surface area contributed by atoms with Gasteiger partial charge in [0.05, 0.1) is 34.8 Å². The van der Waals surface area contributed by atoms with Crippen molar-refractivity contribution in [3.8, 4) is 11.3 Å². The Morgan fingerprint density at radius 1 is 1.05 bits per heavy atom. The third kappa shape index (κ3) is 12.1. The van der Waals surface area contributed by atoms with Gasteiger partial charge in [0.1, 0.15) is 18.8 Å². The van der Waals surface area contributed by atoms with Crippen LogP contribution in [0.3, 0.4) is 0 Å². The third-order valence-corrected chi connectivity index (χ3v) is 11.3. The Morgan fingerprint density at radius 2 is 1.84 bits per heavy atom. The van der Waals surface area contributed by atoms with E-state index in [4.69, 9.17) is 18.8 Å². The number of carbonyl (C=O) groups excluding carboxylic acids is 1. The lowest BCUT2D eigenvalue weighted by Gasteiger charge is -2.31. The van der Waals surface area contributed by atoms with Crippen molar-refractivity contribution in [1.29, 1.82) is 0 Å². The Kier molecular flexibility index (Phi) is 15.4. The van der Waals surface area contributed by atoms with Gasteiger partial charge in [0.15, 0.2) is 0 Å². The van der Waals surface area contributed by atoms with Crippen molar-refractivity contribution in [2.45, 2.75) is 64.2 Å². The molecule has 2 aliphatic heterocycles. The normalized spacial score (nSPS) is 17.3. The van der Waals surface area contributed by atoms with Gasteiger partial charge in [-0.25, -0.2) is 13.0 Å². The summed E-state index contributed by atoms with van der Waals surface area (Å²) in [5.74, 6) is -1.47. The molecule has 0 spiro atoms. The lowest BCUT2D eigenvalue weighted by molar-refractivity contribution is -0.137. The van der Waals surface area contributed by atoms with Crippen LogP contribution in [-0.2, 0) is 35.2 Å². The summed E-state index contributed by atoms with van der Waals surface area (Å²) in [6.45, 7) is 6.03. The van der Waals surface area contributed by atoms with E-state index in [9.17, 15) is 31.0 Å². The fourth-order valence-electron chi connectivity index (χ4n) is 7.15. The number of carboxylic acids is 1. The Labute approximate surface area is 323 Å². The van der Waals surface area contributed by atoms with Gasteiger partial charge in [-0.2, -0.15) is 8.42 Å². The summed E-state index contributed by atoms with van der Waals surface area (Å²) in [5, 5.41) is 12.9. The van der Waals surface area contributed by atoms with Crippen molar-refractivity contribution < 1.29 is 49.8 Å². The fraction of sp³-hybridized carbons (Fsp3) is 0.462. The van der Waals surface area contributed by atoms with Gasteiger partial charge in [-0.15, -0.1) is 0 Å². The second-order valence-electron chi connectivity index (χ2n) is 13.7. The van der Waals surface area contributed by atoms with E-state index < -0.39 is 37.4 Å². The number of fused-ring (bicyclic) bond motifs is 2. The van der Waals surface area contributed by atoms with Crippen LogP contribution in [0.5, 0.6) is 0 Å². The first-order chi connectivity index (χ1) is 26.1. The second kappa shape index (κ2) is 19.5. The van der Waals surface area contributed by atoms with Gasteiger partial charge in [0.2, 0.25) is 5.36 Å². The highest BCUT2D eigenvalue weighted by Gasteiger charge is 2.45. The first-order valence-electron chi connectivity index (χ1n) is 18.3. The smallest absolute Gasteiger partial charge is 0.303 e. The molecule has 16 heteroatoms. The Morgan fingerprint density at radius 3 is 2.53 bits per heavy atom. The molecule has 14 nitrogen and oxygen atoms in total. The standard InChI is InChI=1S/C39H51N3O11S2/c1-4-41(22-11-27-55(49,50)51)30-17-18-31-29(19-24-53-34(31)28-30)12-8-15-35-39(2,20-10-26-54(46,47)48)37-32(38(45)40-21-25-52-3)13-9-14-33(37)42(35)23-7-5-6-16-36(43)44/h8-9,12-15,17-19,24,28H,4-7,10-11,16,20-23,25-27H2,1-3H3,(H3-,40,43,44,45,46,47,48,49,50,51). The summed E-state index contributed by atoms with van der Waals surface area (Å²) in [6, 6.07) is 13.0. The number of hydrogen-bond donors (Lipinski definition) is 3. The maximum absolute atomic E-state index is 13.6. The average Bonchev–Trinajstić information content (AvgIpc) is 3.35. The number of rotatable bonds is 21. The highest BCUT2D eigenvalue weighted by Crippen LogP contribution is 2.52.